The van der Waals surface area contributed by atoms with Gasteiger partial charge in [-0.15, -0.1) is 0 Å². The molecular weight excluding hydrogens is 222 g/mol. The van der Waals surface area contributed by atoms with Crippen LogP contribution in [0.3, 0.4) is 0 Å². The smallest absolute Gasteiger partial charge is 0.320 e. The minimum atomic E-state index is -1.08. The van der Waals surface area contributed by atoms with Gasteiger partial charge in [0.25, 0.3) is 0 Å². The van der Waals surface area contributed by atoms with Crippen LogP contribution in [-0.2, 0) is 14.4 Å². The van der Waals surface area contributed by atoms with Crippen molar-refractivity contribution in [2.75, 3.05) is 6.61 Å². The zero-order chi connectivity index (χ0) is 13.1. The maximum Gasteiger partial charge on any atom is 0.320 e. The molecule has 0 saturated carbocycles. The summed E-state index contributed by atoms with van der Waals surface area (Å²) in [6, 6.07) is -0.917. The number of aliphatic hydroxyl groups excluding tert-OH is 1. The number of carbonyl (C=O) groups is 3. The molecule has 8 heteroatoms. The fourth-order valence-electron chi connectivity index (χ4n) is 0.476. The van der Waals surface area contributed by atoms with Crippen LogP contribution in [0, 0.1) is 0 Å². The number of nitrogens with two attached hydrogens (primary N) is 1. The van der Waals surface area contributed by atoms with Gasteiger partial charge in [0.05, 0.1) is 12.8 Å². The van der Waals surface area contributed by atoms with E-state index < -0.39 is 23.9 Å². The predicted octanol–water partition coefficient (Wildman–Crippen LogP) is -1.28. The lowest BCUT2D eigenvalue weighted by Crippen LogP contribution is -2.30. The van der Waals surface area contributed by atoms with Crippen LogP contribution in [0.2, 0.25) is 0 Å². The van der Waals surface area contributed by atoms with Crippen molar-refractivity contribution in [2.45, 2.75) is 25.3 Å². The summed E-state index contributed by atoms with van der Waals surface area (Å²) in [6.07, 6.45) is -0.472. The Hall–Kier alpha value is -1.67. The lowest BCUT2D eigenvalue weighted by molar-refractivity contribution is -0.143. The Morgan fingerprint density at radius 1 is 1.00 bits per heavy atom. The van der Waals surface area contributed by atoms with E-state index in [-0.39, 0.29) is 25.9 Å². The predicted molar refractivity (Wildman–Crippen MR) is 51.8 cm³/mol. The number of aliphatic carboxylic acids is 3. The second-order valence-corrected chi connectivity index (χ2v) is 2.74. The minimum absolute atomic E-state index is 0.120. The molecule has 0 bridgehead atoms. The molecule has 0 aromatic heterocycles. The molecule has 6 N–H and O–H groups in total. The van der Waals surface area contributed by atoms with Crippen molar-refractivity contribution in [1.82, 2.24) is 0 Å². The average Bonchev–Trinajstić information content (AvgIpc) is 2.16. The molecule has 0 saturated heterocycles. The van der Waals surface area contributed by atoms with Crippen LogP contribution in [0.1, 0.15) is 19.3 Å². The first kappa shape index (κ1) is 16.7. The van der Waals surface area contributed by atoms with E-state index in [0.717, 1.165) is 0 Å². The molecule has 0 spiro atoms. The first-order chi connectivity index (χ1) is 7.31. The van der Waals surface area contributed by atoms with Gasteiger partial charge in [-0.2, -0.15) is 0 Å². The lowest BCUT2D eigenvalue weighted by atomic mass is 10.2. The highest BCUT2D eigenvalue weighted by Crippen LogP contribution is 1.86. The Balaban J connectivity index is 0. The summed E-state index contributed by atoms with van der Waals surface area (Å²) in [7, 11) is 0. The molecule has 8 nitrogen and oxygen atoms in total. The van der Waals surface area contributed by atoms with Gasteiger partial charge in [0.1, 0.15) is 6.04 Å². The first-order valence-electron chi connectivity index (χ1n) is 4.34. The molecule has 0 aromatic rings. The first-order valence-corrected chi connectivity index (χ1v) is 4.34. The van der Waals surface area contributed by atoms with Crippen molar-refractivity contribution >= 4 is 17.9 Å². The summed E-state index contributed by atoms with van der Waals surface area (Å²) in [5, 5.41) is 32.0. The Bertz CT molecular complexity index is 227. The molecule has 0 aliphatic carbocycles. The number of hydrogen-bond donors (Lipinski definition) is 5. The van der Waals surface area contributed by atoms with E-state index >= 15 is 0 Å². The molecule has 0 amide bonds. The van der Waals surface area contributed by atoms with Gasteiger partial charge in [-0.3, -0.25) is 14.4 Å². The largest absolute Gasteiger partial charge is 0.481 e. The molecule has 0 aromatic carbocycles. The topological polar surface area (TPSA) is 158 Å². The number of aliphatic hydroxyl groups is 1. The Morgan fingerprint density at radius 2 is 1.38 bits per heavy atom. The van der Waals surface area contributed by atoms with Gasteiger partial charge >= 0.3 is 17.9 Å². The summed E-state index contributed by atoms with van der Waals surface area (Å²) in [6.45, 7) is -0.173. The standard InChI is InChI=1S/C4H9NO3.C4H6O4/c5-3(1-2-6)4(7)8;5-3(6)1-2-4(7)8/h3,6H,1-2,5H2,(H,7,8);1-2H2,(H,5,6)(H,7,8)/t3-;/m0./s1. The molecule has 0 unspecified atom stereocenters. The molecule has 16 heavy (non-hydrogen) atoms. The fourth-order valence-corrected chi connectivity index (χ4v) is 0.476. The van der Waals surface area contributed by atoms with Crippen LogP contribution in [0.25, 0.3) is 0 Å². The van der Waals surface area contributed by atoms with Crippen molar-refractivity contribution in [2.24, 2.45) is 5.73 Å². The fraction of sp³-hybridized carbons (Fsp3) is 0.625. The number of carboxylic acid groups (broad SMARTS) is 3. The van der Waals surface area contributed by atoms with Crippen LogP contribution in [0.5, 0.6) is 0 Å². The molecule has 0 radical (unpaired) electrons. The van der Waals surface area contributed by atoms with E-state index in [4.69, 9.17) is 26.2 Å². The molecule has 0 fully saturated rings. The quantitative estimate of drug-likeness (QED) is 0.382. The van der Waals surface area contributed by atoms with Gasteiger partial charge in [-0.05, 0) is 6.42 Å². The lowest BCUT2D eigenvalue weighted by Gasteiger charge is -2.00. The van der Waals surface area contributed by atoms with Crippen molar-refractivity contribution in [1.29, 1.82) is 0 Å². The number of carboxylic acids is 3. The van der Waals surface area contributed by atoms with Gasteiger partial charge in [0, 0.05) is 6.61 Å². The molecular formula is C8H15NO7. The second kappa shape index (κ2) is 9.87. The van der Waals surface area contributed by atoms with E-state index in [1.165, 1.54) is 0 Å². The van der Waals surface area contributed by atoms with Crippen molar-refractivity contribution in [3.05, 3.63) is 0 Å². The zero-order valence-corrected chi connectivity index (χ0v) is 8.50. The average molecular weight is 237 g/mol. The monoisotopic (exact) mass is 237 g/mol. The van der Waals surface area contributed by atoms with E-state index in [1.54, 1.807) is 0 Å². The van der Waals surface area contributed by atoms with Gasteiger partial charge in [0.15, 0.2) is 0 Å². The molecule has 1 atom stereocenters. The van der Waals surface area contributed by atoms with Crippen LogP contribution in [0.4, 0.5) is 0 Å². The normalized spacial score (nSPS) is 10.9. The maximum absolute atomic E-state index is 9.85. The third-order valence-corrected chi connectivity index (χ3v) is 1.31. The highest BCUT2D eigenvalue weighted by Gasteiger charge is 2.08. The minimum Gasteiger partial charge on any atom is -0.481 e. The van der Waals surface area contributed by atoms with Crippen LogP contribution in [-0.4, -0.2) is 51.0 Å². The summed E-state index contributed by atoms with van der Waals surface area (Å²) in [4.78, 5) is 29.1. The third kappa shape index (κ3) is 14.8. The van der Waals surface area contributed by atoms with Gasteiger partial charge in [0.2, 0.25) is 0 Å². The summed E-state index contributed by atoms with van der Waals surface area (Å²) < 4.78 is 0. The highest BCUT2D eigenvalue weighted by molar-refractivity contribution is 5.75. The van der Waals surface area contributed by atoms with Crippen molar-refractivity contribution in [3.63, 3.8) is 0 Å². The molecule has 94 valence electrons. The van der Waals surface area contributed by atoms with Crippen LogP contribution in [0.15, 0.2) is 0 Å². The highest BCUT2D eigenvalue weighted by atomic mass is 16.4. The van der Waals surface area contributed by atoms with Gasteiger partial charge in [-0.1, -0.05) is 0 Å². The second-order valence-electron chi connectivity index (χ2n) is 2.74. The van der Waals surface area contributed by atoms with Crippen molar-refractivity contribution < 1.29 is 34.8 Å². The van der Waals surface area contributed by atoms with E-state index in [1.807, 2.05) is 0 Å². The molecule has 0 rings (SSSR count). The maximum atomic E-state index is 9.85. The third-order valence-electron chi connectivity index (χ3n) is 1.31. The summed E-state index contributed by atoms with van der Waals surface area (Å²) >= 11 is 0. The van der Waals surface area contributed by atoms with E-state index in [0.29, 0.717) is 0 Å². The zero-order valence-electron chi connectivity index (χ0n) is 8.50. The molecule has 0 aliphatic rings. The SMILES string of the molecule is N[C@@H](CCO)C(=O)O.O=C(O)CCC(=O)O. The molecule has 0 aliphatic heterocycles. The summed E-state index contributed by atoms with van der Waals surface area (Å²) in [5.74, 6) is -3.22. The summed E-state index contributed by atoms with van der Waals surface area (Å²) in [5.41, 5.74) is 4.97. The number of hydrogen-bond acceptors (Lipinski definition) is 5. The Labute approximate surface area is 91.3 Å². The Kier molecular flexibility index (Phi) is 10.3. The van der Waals surface area contributed by atoms with Gasteiger partial charge < -0.3 is 26.2 Å². The van der Waals surface area contributed by atoms with Gasteiger partial charge in [-0.25, -0.2) is 0 Å². The number of rotatable bonds is 6. The van der Waals surface area contributed by atoms with Crippen LogP contribution < -0.4 is 5.73 Å². The van der Waals surface area contributed by atoms with E-state index in [2.05, 4.69) is 0 Å². The Morgan fingerprint density at radius 3 is 1.50 bits per heavy atom. The molecule has 0 heterocycles. The van der Waals surface area contributed by atoms with Crippen molar-refractivity contribution in [3.8, 4) is 0 Å². The van der Waals surface area contributed by atoms with E-state index in [9.17, 15) is 14.4 Å². The van der Waals surface area contributed by atoms with Crippen LogP contribution >= 0.6 is 0 Å².